The number of hydrogen-bond acceptors (Lipinski definition) is 7. The Bertz CT molecular complexity index is 1300. The van der Waals surface area contributed by atoms with E-state index in [1.54, 1.807) is 31.2 Å². The molecule has 2 aromatic carbocycles. The Morgan fingerprint density at radius 3 is 2.56 bits per heavy atom. The Morgan fingerprint density at radius 2 is 1.90 bits per heavy atom. The van der Waals surface area contributed by atoms with Gasteiger partial charge in [0.15, 0.2) is 0 Å². The first-order valence-corrected chi connectivity index (χ1v) is 13.0. The van der Waals surface area contributed by atoms with E-state index in [1.165, 1.54) is 13.2 Å². The van der Waals surface area contributed by atoms with Gasteiger partial charge in [-0.25, -0.2) is 9.37 Å². The molecular formula is C30H33FN2O6. The van der Waals surface area contributed by atoms with Gasteiger partial charge in [0.05, 0.1) is 25.7 Å². The van der Waals surface area contributed by atoms with Gasteiger partial charge in [0, 0.05) is 35.9 Å². The first-order valence-electron chi connectivity index (χ1n) is 13.0. The van der Waals surface area contributed by atoms with Gasteiger partial charge < -0.3 is 24.3 Å². The van der Waals surface area contributed by atoms with E-state index in [1.807, 2.05) is 31.2 Å². The second-order valence-corrected chi connectivity index (χ2v) is 9.29. The summed E-state index contributed by atoms with van der Waals surface area (Å²) in [6.07, 6.45) is 0.982. The molecule has 9 heteroatoms. The lowest BCUT2D eigenvalue weighted by Gasteiger charge is -2.17. The van der Waals surface area contributed by atoms with Gasteiger partial charge in [0.2, 0.25) is 11.8 Å². The summed E-state index contributed by atoms with van der Waals surface area (Å²) in [5.74, 6) is 0.399. The molecule has 4 rings (SSSR count). The number of nitrogens with zero attached hydrogens (tertiary/aromatic N) is 1. The second kappa shape index (κ2) is 13.2. The van der Waals surface area contributed by atoms with E-state index < -0.39 is 6.10 Å². The molecule has 1 aliphatic heterocycles. The summed E-state index contributed by atoms with van der Waals surface area (Å²) in [6.45, 7) is 4.73. The molecule has 8 nitrogen and oxygen atoms in total. The summed E-state index contributed by atoms with van der Waals surface area (Å²) in [5, 5.41) is 2.86. The van der Waals surface area contributed by atoms with Gasteiger partial charge in [-0.1, -0.05) is 18.2 Å². The fourth-order valence-corrected chi connectivity index (χ4v) is 4.41. The number of carbonyl (C=O) groups excluding carboxylic acids is 2. The number of methoxy groups -OCH3 is 1. The van der Waals surface area contributed by atoms with Crippen LogP contribution in [0.1, 0.15) is 49.1 Å². The quantitative estimate of drug-likeness (QED) is 0.323. The third kappa shape index (κ3) is 7.54. The summed E-state index contributed by atoms with van der Waals surface area (Å²) in [4.78, 5) is 27.5. The average Bonchev–Trinajstić information content (AvgIpc) is 3.36. The predicted molar refractivity (Wildman–Crippen MR) is 143 cm³/mol. The minimum Gasteiger partial charge on any atom is -0.489 e. The summed E-state index contributed by atoms with van der Waals surface area (Å²) in [6, 6.07) is 15.7. The van der Waals surface area contributed by atoms with Crippen LogP contribution in [0.25, 0.3) is 11.1 Å². The highest BCUT2D eigenvalue weighted by atomic mass is 19.1. The second-order valence-electron chi connectivity index (χ2n) is 9.29. The van der Waals surface area contributed by atoms with Crippen molar-refractivity contribution in [2.24, 2.45) is 0 Å². The smallest absolute Gasteiger partial charge is 0.308 e. The van der Waals surface area contributed by atoms with E-state index in [2.05, 4.69) is 10.3 Å². The zero-order chi connectivity index (χ0) is 27.8. The lowest BCUT2D eigenvalue weighted by atomic mass is 10.0. The topological polar surface area (TPSA) is 96.0 Å². The van der Waals surface area contributed by atoms with Gasteiger partial charge in [-0.3, -0.25) is 9.59 Å². The van der Waals surface area contributed by atoms with E-state index >= 15 is 0 Å². The van der Waals surface area contributed by atoms with Crippen LogP contribution in [0.4, 0.5) is 4.39 Å². The van der Waals surface area contributed by atoms with Crippen LogP contribution in [0.2, 0.25) is 0 Å². The molecule has 1 aliphatic rings. The largest absolute Gasteiger partial charge is 0.489 e. The number of benzene rings is 2. The van der Waals surface area contributed by atoms with Gasteiger partial charge in [-0.2, -0.15) is 0 Å². The Morgan fingerprint density at radius 1 is 1.10 bits per heavy atom. The van der Waals surface area contributed by atoms with Crippen LogP contribution in [0.15, 0.2) is 54.6 Å². The number of aryl methyl sites for hydroxylation is 1. The third-order valence-electron chi connectivity index (χ3n) is 6.50. The fourth-order valence-electron chi connectivity index (χ4n) is 4.41. The number of pyridine rings is 1. The number of esters is 1. The maximum atomic E-state index is 14.8. The summed E-state index contributed by atoms with van der Waals surface area (Å²) >= 11 is 0. The highest BCUT2D eigenvalue weighted by Gasteiger charge is 2.21. The fraction of sp³-hybridized carbons (Fsp3) is 0.367. The van der Waals surface area contributed by atoms with Gasteiger partial charge in [0.25, 0.3) is 0 Å². The molecule has 0 radical (unpaired) electrons. The maximum Gasteiger partial charge on any atom is 0.308 e. The minimum atomic E-state index is -0.395. The van der Waals surface area contributed by atoms with Crippen LogP contribution in [-0.4, -0.2) is 43.2 Å². The Labute approximate surface area is 227 Å². The lowest BCUT2D eigenvalue weighted by molar-refractivity contribution is -0.144. The molecule has 39 heavy (non-hydrogen) atoms. The molecule has 2 heterocycles. The molecular weight excluding hydrogens is 503 g/mol. The van der Waals surface area contributed by atoms with Crippen molar-refractivity contribution >= 4 is 11.9 Å². The zero-order valence-electron chi connectivity index (χ0n) is 22.4. The van der Waals surface area contributed by atoms with E-state index in [0.717, 1.165) is 17.5 Å². The van der Waals surface area contributed by atoms with Crippen LogP contribution < -0.4 is 14.8 Å². The Kier molecular flexibility index (Phi) is 9.49. The summed E-state index contributed by atoms with van der Waals surface area (Å²) < 4.78 is 36.9. The molecule has 0 spiro atoms. The highest BCUT2D eigenvalue weighted by Crippen LogP contribution is 2.29. The van der Waals surface area contributed by atoms with Crippen molar-refractivity contribution in [2.75, 3.05) is 20.3 Å². The molecule has 1 amide bonds. The van der Waals surface area contributed by atoms with Crippen LogP contribution in [-0.2, 0) is 25.7 Å². The number of carbonyl (C=O) groups is 2. The molecule has 0 unspecified atom stereocenters. The first kappa shape index (κ1) is 28.0. The molecule has 0 bridgehead atoms. The van der Waals surface area contributed by atoms with Crippen molar-refractivity contribution in [3.8, 4) is 22.8 Å². The van der Waals surface area contributed by atoms with Gasteiger partial charge in [-0.15, -0.1) is 0 Å². The van der Waals surface area contributed by atoms with Crippen LogP contribution in [0, 0.1) is 12.7 Å². The summed E-state index contributed by atoms with van der Waals surface area (Å²) in [5.41, 5.74) is 3.36. The van der Waals surface area contributed by atoms with Crippen molar-refractivity contribution in [3.05, 3.63) is 77.2 Å². The maximum absolute atomic E-state index is 14.8. The van der Waals surface area contributed by atoms with Crippen molar-refractivity contribution in [1.29, 1.82) is 0 Å². The first-order chi connectivity index (χ1) is 18.9. The van der Waals surface area contributed by atoms with Crippen molar-refractivity contribution in [3.63, 3.8) is 0 Å². The SMILES string of the molecule is CCO[C@@H](CC(=O)OC)c1ccc(OCc2ccc(F)c(-c3ccc(OC[C@H]4CCC(=O)N4)nc3C)c2)cc1. The minimum absolute atomic E-state index is 0.0180. The molecule has 1 fully saturated rings. The number of aromatic nitrogens is 1. The van der Waals surface area contributed by atoms with Crippen molar-refractivity contribution in [1.82, 2.24) is 10.3 Å². The van der Waals surface area contributed by atoms with Gasteiger partial charge >= 0.3 is 5.97 Å². The molecule has 1 aromatic heterocycles. The normalized spacial score (nSPS) is 15.5. The molecule has 206 valence electrons. The Balaban J connectivity index is 1.39. The standard InChI is InChI=1S/C30H33FN2O6/c1-4-37-27(16-30(35)36-3)21-6-9-23(10-7-21)38-17-20-5-12-26(31)25(15-20)24-11-14-29(32-19(24)2)39-18-22-8-13-28(34)33-22/h5-7,9-12,14-15,22,27H,4,8,13,16-18H2,1-3H3,(H,33,34)/t22-,27+/m1/s1. The van der Waals surface area contributed by atoms with Gasteiger partial charge in [-0.05, 0) is 61.7 Å². The zero-order valence-corrected chi connectivity index (χ0v) is 22.4. The predicted octanol–water partition coefficient (Wildman–Crippen LogP) is 5.07. The van der Waals surface area contributed by atoms with E-state index in [4.69, 9.17) is 18.9 Å². The van der Waals surface area contributed by atoms with Crippen molar-refractivity contribution in [2.45, 2.75) is 51.9 Å². The summed E-state index contributed by atoms with van der Waals surface area (Å²) in [7, 11) is 1.35. The molecule has 0 aliphatic carbocycles. The lowest BCUT2D eigenvalue weighted by Crippen LogP contribution is -2.31. The molecule has 1 saturated heterocycles. The number of halogens is 1. The number of nitrogens with one attached hydrogen (secondary N) is 1. The molecule has 3 aromatic rings. The monoisotopic (exact) mass is 536 g/mol. The van der Waals surface area contributed by atoms with E-state index in [-0.39, 0.29) is 36.8 Å². The van der Waals surface area contributed by atoms with Gasteiger partial charge in [0.1, 0.15) is 24.8 Å². The van der Waals surface area contributed by atoms with E-state index in [9.17, 15) is 14.0 Å². The number of amides is 1. The Hall–Kier alpha value is -3.98. The number of hydrogen-bond donors (Lipinski definition) is 1. The van der Waals surface area contributed by atoms with Crippen molar-refractivity contribution < 1.29 is 32.9 Å². The number of rotatable bonds is 12. The average molecular weight is 537 g/mol. The third-order valence-corrected chi connectivity index (χ3v) is 6.50. The number of ether oxygens (including phenoxy) is 4. The van der Waals surface area contributed by atoms with Crippen LogP contribution in [0.5, 0.6) is 11.6 Å². The van der Waals surface area contributed by atoms with E-state index in [0.29, 0.717) is 48.1 Å². The molecule has 0 saturated carbocycles. The van der Waals surface area contributed by atoms with Crippen LogP contribution in [0.3, 0.4) is 0 Å². The van der Waals surface area contributed by atoms with Crippen LogP contribution >= 0.6 is 0 Å². The molecule has 1 N–H and O–H groups in total. The highest BCUT2D eigenvalue weighted by molar-refractivity contribution is 5.78. The molecule has 2 atom stereocenters.